The average molecular weight is 368 g/mol. The van der Waals surface area contributed by atoms with Gasteiger partial charge in [-0.2, -0.15) is 23.5 Å². The summed E-state index contributed by atoms with van der Waals surface area (Å²) in [6.07, 6.45) is -2.03. The molecule has 0 radical (unpaired) electrons. The van der Waals surface area contributed by atoms with Crippen LogP contribution in [0.3, 0.4) is 0 Å². The van der Waals surface area contributed by atoms with Crippen molar-refractivity contribution in [3.05, 3.63) is 33.5 Å². The largest absolute Gasteiger partial charge is 0.435 e. The number of carbonyl (C=O) groups is 1. The van der Waals surface area contributed by atoms with Crippen LogP contribution < -0.4 is 5.32 Å². The summed E-state index contributed by atoms with van der Waals surface area (Å²) in [6, 6.07) is 2.82. The minimum Gasteiger partial charge on any atom is -0.311 e. The van der Waals surface area contributed by atoms with Gasteiger partial charge in [-0.15, -0.1) is 11.3 Å². The number of aryl methyl sites for hydroxylation is 1. The number of carbonyl (C=O) groups excluding carboxylic acids is 1. The molecule has 0 saturated heterocycles. The number of alkyl halides is 3. The van der Waals surface area contributed by atoms with Crippen molar-refractivity contribution < 1.29 is 18.0 Å². The van der Waals surface area contributed by atoms with Crippen molar-refractivity contribution in [3.8, 4) is 6.07 Å². The fraction of sp³-hybridized carbons (Fsp3) is 0.438. The van der Waals surface area contributed by atoms with E-state index in [-0.39, 0.29) is 5.69 Å². The molecule has 0 saturated carbocycles. The van der Waals surface area contributed by atoms with Gasteiger partial charge in [-0.25, -0.2) is 0 Å². The second-order valence-corrected chi connectivity index (χ2v) is 7.26. The van der Waals surface area contributed by atoms with Crippen molar-refractivity contribution in [1.29, 1.82) is 5.26 Å². The maximum atomic E-state index is 12.7. The van der Waals surface area contributed by atoms with E-state index in [0.29, 0.717) is 22.5 Å². The third-order valence-corrected chi connectivity index (χ3v) is 5.42. The first-order valence-corrected chi connectivity index (χ1v) is 8.49. The summed E-state index contributed by atoms with van der Waals surface area (Å²) in [7, 11) is 1.27. The molecule has 1 aliphatic rings. The quantitative estimate of drug-likeness (QED) is 0.878. The first kappa shape index (κ1) is 17.5. The SMILES string of the molecule is C[C@H]1CCc2c(sc(NC(=O)c3cc(C(F)(F)F)nn3C)c2C#N)C1. The monoisotopic (exact) mass is 368 g/mol. The Bertz CT molecular complexity index is 875. The van der Waals surface area contributed by atoms with Crippen LogP contribution in [-0.2, 0) is 26.1 Å². The van der Waals surface area contributed by atoms with E-state index in [2.05, 4.69) is 23.4 Å². The summed E-state index contributed by atoms with van der Waals surface area (Å²) in [5.41, 5.74) is 0.0243. The lowest BCUT2D eigenvalue weighted by Gasteiger charge is -2.17. The van der Waals surface area contributed by atoms with Gasteiger partial charge in [0.05, 0.1) is 5.56 Å². The summed E-state index contributed by atoms with van der Waals surface area (Å²) in [6.45, 7) is 2.13. The molecule has 0 fully saturated rings. The van der Waals surface area contributed by atoms with Crippen LogP contribution in [0.15, 0.2) is 6.07 Å². The first-order chi connectivity index (χ1) is 11.7. The maximum Gasteiger partial charge on any atom is 0.435 e. The number of nitrogens with zero attached hydrogens (tertiary/aromatic N) is 3. The number of nitriles is 1. The normalized spacial score (nSPS) is 17.0. The number of halogens is 3. The average Bonchev–Trinajstić information content (AvgIpc) is 3.06. The van der Waals surface area contributed by atoms with E-state index in [1.54, 1.807) is 0 Å². The fourth-order valence-electron chi connectivity index (χ4n) is 2.94. The minimum atomic E-state index is -4.62. The number of hydrogen-bond donors (Lipinski definition) is 1. The summed E-state index contributed by atoms with van der Waals surface area (Å²) in [5.74, 6) is -0.207. The maximum absolute atomic E-state index is 12.7. The van der Waals surface area contributed by atoms with E-state index < -0.39 is 17.8 Å². The zero-order chi connectivity index (χ0) is 18.4. The van der Waals surface area contributed by atoms with Gasteiger partial charge in [-0.05, 0) is 30.7 Å². The Kier molecular flexibility index (Phi) is 4.33. The van der Waals surface area contributed by atoms with Gasteiger partial charge in [0.1, 0.15) is 16.8 Å². The van der Waals surface area contributed by atoms with Crippen LogP contribution in [0.5, 0.6) is 0 Å². The smallest absolute Gasteiger partial charge is 0.311 e. The van der Waals surface area contributed by atoms with Crippen molar-refractivity contribution in [2.45, 2.75) is 32.4 Å². The standard InChI is InChI=1S/C16H15F3N4OS/c1-8-3-4-9-10(7-20)15(25-12(9)5-8)21-14(24)11-6-13(16(17,18)19)22-23(11)2/h6,8H,3-5H2,1-2H3,(H,21,24)/t8-/m0/s1. The molecule has 1 amide bonds. The Morgan fingerprint density at radius 3 is 2.84 bits per heavy atom. The highest BCUT2D eigenvalue weighted by molar-refractivity contribution is 7.16. The minimum absolute atomic E-state index is 0.212. The zero-order valence-electron chi connectivity index (χ0n) is 13.6. The van der Waals surface area contributed by atoms with Crippen LogP contribution in [0, 0.1) is 17.2 Å². The van der Waals surface area contributed by atoms with Crippen LogP contribution in [-0.4, -0.2) is 15.7 Å². The van der Waals surface area contributed by atoms with Gasteiger partial charge >= 0.3 is 6.18 Å². The lowest BCUT2D eigenvalue weighted by atomic mass is 9.89. The highest BCUT2D eigenvalue weighted by Crippen LogP contribution is 2.39. The van der Waals surface area contributed by atoms with Gasteiger partial charge in [-0.1, -0.05) is 6.92 Å². The van der Waals surface area contributed by atoms with Gasteiger partial charge in [0.2, 0.25) is 0 Å². The molecule has 25 heavy (non-hydrogen) atoms. The van der Waals surface area contributed by atoms with Gasteiger partial charge < -0.3 is 5.32 Å². The Morgan fingerprint density at radius 1 is 1.52 bits per heavy atom. The third-order valence-electron chi connectivity index (χ3n) is 4.25. The Hall–Kier alpha value is -2.34. The number of thiophene rings is 1. The van der Waals surface area contributed by atoms with Crippen molar-refractivity contribution in [3.63, 3.8) is 0 Å². The molecule has 0 unspecified atom stereocenters. The predicted octanol–water partition coefficient (Wildman–Crippen LogP) is 3.75. The van der Waals surface area contributed by atoms with E-state index in [0.717, 1.165) is 34.4 Å². The molecule has 1 N–H and O–H groups in total. The third kappa shape index (κ3) is 3.26. The Balaban J connectivity index is 1.90. The van der Waals surface area contributed by atoms with Crippen LogP contribution in [0.1, 0.15) is 45.5 Å². The second-order valence-electron chi connectivity index (χ2n) is 6.16. The van der Waals surface area contributed by atoms with Crippen LogP contribution >= 0.6 is 11.3 Å². The van der Waals surface area contributed by atoms with E-state index in [9.17, 15) is 23.2 Å². The molecule has 5 nitrogen and oxygen atoms in total. The van der Waals surface area contributed by atoms with Crippen molar-refractivity contribution in [2.24, 2.45) is 13.0 Å². The molecule has 2 heterocycles. The zero-order valence-corrected chi connectivity index (χ0v) is 14.4. The lowest BCUT2D eigenvalue weighted by Crippen LogP contribution is -2.16. The van der Waals surface area contributed by atoms with Crippen molar-refractivity contribution in [1.82, 2.24) is 9.78 Å². The summed E-state index contributed by atoms with van der Waals surface area (Å²) in [4.78, 5) is 13.4. The van der Waals surface area contributed by atoms with Gasteiger partial charge in [0.15, 0.2) is 5.69 Å². The molecule has 2 aromatic heterocycles. The molecule has 1 aliphatic carbocycles. The number of nitrogens with one attached hydrogen (secondary N) is 1. The van der Waals surface area contributed by atoms with Crippen LogP contribution in [0.25, 0.3) is 0 Å². The van der Waals surface area contributed by atoms with Crippen molar-refractivity contribution >= 4 is 22.2 Å². The first-order valence-electron chi connectivity index (χ1n) is 7.68. The van der Waals surface area contributed by atoms with E-state index in [1.165, 1.54) is 18.4 Å². The van der Waals surface area contributed by atoms with Crippen LogP contribution in [0.4, 0.5) is 18.2 Å². The van der Waals surface area contributed by atoms with E-state index in [1.807, 2.05) is 0 Å². The number of rotatable bonds is 2. The van der Waals surface area contributed by atoms with Gasteiger partial charge in [-0.3, -0.25) is 9.48 Å². The van der Waals surface area contributed by atoms with Crippen molar-refractivity contribution in [2.75, 3.05) is 5.32 Å². The lowest BCUT2D eigenvalue weighted by molar-refractivity contribution is -0.141. The Labute approximate surface area is 146 Å². The summed E-state index contributed by atoms with van der Waals surface area (Å²) < 4.78 is 39.1. The summed E-state index contributed by atoms with van der Waals surface area (Å²) in [5, 5.41) is 15.7. The molecule has 0 aromatic carbocycles. The number of amides is 1. The number of anilines is 1. The Morgan fingerprint density at radius 2 is 2.24 bits per heavy atom. The molecular formula is C16H15F3N4OS. The molecular weight excluding hydrogens is 353 g/mol. The number of aromatic nitrogens is 2. The second kappa shape index (κ2) is 6.19. The van der Waals surface area contributed by atoms with E-state index >= 15 is 0 Å². The summed E-state index contributed by atoms with van der Waals surface area (Å²) >= 11 is 1.33. The number of fused-ring (bicyclic) bond motifs is 1. The molecule has 0 bridgehead atoms. The molecule has 132 valence electrons. The molecule has 0 aliphatic heterocycles. The number of hydrogen-bond acceptors (Lipinski definition) is 4. The topological polar surface area (TPSA) is 70.7 Å². The molecule has 3 rings (SSSR count). The van der Waals surface area contributed by atoms with Crippen LogP contribution in [0.2, 0.25) is 0 Å². The molecule has 2 aromatic rings. The van der Waals surface area contributed by atoms with Gasteiger partial charge in [0.25, 0.3) is 5.91 Å². The predicted molar refractivity (Wildman–Crippen MR) is 86.4 cm³/mol. The van der Waals surface area contributed by atoms with Gasteiger partial charge in [0, 0.05) is 18.0 Å². The molecule has 9 heteroatoms. The fourth-order valence-corrected chi connectivity index (χ4v) is 4.30. The highest BCUT2D eigenvalue weighted by Gasteiger charge is 2.35. The molecule has 0 spiro atoms. The van der Waals surface area contributed by atoms with E-state index in [4.69, 9.17) is 0 Å². The highest BCUT2D eigenvalue weighted by atomic mass is 32.1. The molecule has 1 atom stereocenters.